The Kier molecular flexibility index (Phi) is 11.0. The van der Waals surface area contributed by atoms with Gasteiger partial charge >= 0.3 is 23.5 Å². The fourth-order valence-corrected chi connectivity index (χ4v) is 6.60. The molecule has 3 rings (SSSR count). The molecule has 3 heterocycles. The van der Waals surface area contributed by atoms with Crippen molar-refractivity contribution in [2.75, 3.05) is 29.4 Å². The van der Waals surface area contributed by atoms with Gasteiger partial charge < -0.3 is 45.2 Å². The summed E-state index contributed by atoms with van der Waals surface area (Å²) in [6.45, 7) is -0.0926. The Morgan fingerprint density at radius 2 is 1.77 bits per heavy atom. The minimum atomic E-state index is -5.73. The second-order valence-electron chi connectivity index (χ2n) is 7.74. The summed E-state index contributed by atoms with van der Waals surface area (Å²) in [5, 5.41) is 26.6. The van der Waals surface area contributed by atoms with Crippen molar-refractivity contribution in [1.29, 1.82) is 0 Å². The van der Waals surface area contributed by atoms with Gasteiger partial charge in [-0.1, -0.05) is 22.6 Å². The number of phosphoric ester groups is 1. The van der Waals surface area contributed by atoms with Gasteiger partial charge in [0.05, 0.1) is 17.4 Å². The molecule has 1 aliphatic heterocycles. The van der Waals surface area contributed by atoms with Crippen molar-refractivity contribution in [3.8, 4) is 0 Å². The number of hydrogen-bond acceptors (Lipinski definition) is 14. The van der Waals surface area contributed by atoms with Crippen LogP contribution in [0.25, 0.3) is 11.2 Å². The minimum Gasteiger partial charge on any atom is -0.387 e. The van der Waals surface area contributed by atoms with Gasteiger partial charge in [0.25, 0.3) is 0 Å². The van der Waals surface area contributed by atoms with Crippen molar-refractivity contribution in [2.24, 2.45) is 0 Å². The number of ether oxygens (including phenoxy) is 1. The second-order valence-corrected chi connectivity index (χ2v) is 12.9. The number of aliphatic hydroxyl groups is 2. The lowest BCUT2D eigenvalue weighted by atomic mass is 10.1. The Hall–Kier alpha value is -1.16. The first kappa shape index (κ1) is 32.4. The molecule has 39 heavy (non-hydrogen) atoms. The molecule has 20 nitrogen and oxygen atoms in total. The molecule has 8 N–H and O–H groups in total. The van der Waals surface area contributed by atoms with Gasteiger partial charge in [-0.05, 0) is 6.42 Å². The molecular formula is C15H24IN6O14P3. The van der Waals surface area contributed by atoms with E-state index in [1.807, 2.05) is 22.6 Å². The SMILES string of the molecule is O=C(CI)NCCCNc1ncnc2c1ncn2[C@@H]1O[C@H](COP(=O)(O)OP(=O)(O)OP(=O)(O)O)[C@@H](O)[C@H]1O. The summed E-state index contributed by atoms with van der Waals surface area (Å²) in [6, 6.07) is 0. The highest BCUT2D eigenvalue weighted by Crippen LogP contribution is 2.66. The largest absolute Gasteiger partial charge is 0.490 e. The van der Waals surface area contributed by atoms with Crippen LogP contribution in [0, 0.1) is 0 Å². The van der Waals surface area contributed by atoms with E-state index in [1.165, 1.54) is 17.2 Å². The highest BCUT2D eigenvalue weighted by Gasteiger charge is 2.47. The van der Waals surface area contributed by atoms with E-state index in [-0.39, 0.29) is 17.1 Å². The molecule has 0 saturated carbocycles. The molecule has 0 radical (unpaired) electrons. The predicted octanol–water partition coefficient (Wildman–Crippen LogP) is -0.858. The highest BCUT2D eigenvalue weighted by atomic mass is 127. The van der Waals surface area contributed by atoms with Crippen molar-refractivity contribution in [1.82, 2.24) is 24.8 Å². The van der Waals surface area contributed by atoms with Crippen LogP contribution in [0.5, 0.6) is 0 Å². The molecule has 0 bridgehead atoms. The van der Waals surface area contributed by atoms with Crippen LogP contribution in [0.2, 0.25) is 0 Å². The van der Waals surface area contributed by atoms with Crippen LogP contribution >= 0.6 is 46.1 Å². The van der Waals surface area contributed by atoms with E-state index in [9.17, 15) is 38.5 Å². The van der Waals surface area contributed by atoms with Crippen LogP contribution in [0.1, 0.15) is 12.6 Å². The topological polar surface area (TPSA) is 294 Å². The third-order valence-electron chi connectivity index (χ3n) is 4.88. The quantitative estimate of drug-likeness (QED) is 0.0507. The van der Waals surface area contributed by atoms with Crippen LogP contribution in [0.3, 0.4) is 0 Å². The number of fused-ring (bicyclic) bond motifs is 1. The maximum Gasteiger partial charge on any atom is 0.490 e. The summed E-state index contributed by atoms with van der Waals surface area (Å²) in [7, 11) is -16.8. The smallest absolute Gasteiger partial charge is 0.387 e. The molecule has 1 saturated heterocycles. The standard InChI is InChI=1S/C15H24IN6O14P3/c16-4-9(23)17-2-1-3-18-13-10-14(20-6-19-13)22(7-21-10)15-12(25)11(24)8(34-15)5-33-38(29,30)36-39(31,32)35-37(26,27)28/h6-8,11-12,15,24-25H,1-5H2,(H,17,23)(H,29,30)(H,31,32)(H,18,19,20)(H2,26,27,28)/t8-,11-,12-,15-/m1/s1. The number of anilines is 1. The third-order valence-corrected chi connectivity index (χ3v) is 9.37. The lowest BCUT2D eigenvalue weighted by molar-refractivity contribution is -0.118. The van der Waals surface area contributed by atoms with Crippen molar-refractivity contribution in [2.45, 2.75) is 31.0 Å². The average molecular weight is 732 g/mol. The Labute approximate surface area is 232 Å². The van der Waals surface area contributed by atoms with Gasteiger partial charge in [-0.3, -0.25) is 13.9 Å². The van der Waals surface area contributed by atoms with E-state index < -0.39 is 54.6 Å². The molecule has 2 aromatic rings. The first-order valence-corrected chi connectivity index (χ1v) is 16.7. The van der Waals surface area contributed by atoms with Crippen LogP contribution in [-0.4, -0.2) is 97.6 Å². The van der Waals surface area contributed by atoms with E-state index in [2.05, 4.69) is 38.7 Å². The van der Waals surface area contributed by atoms with Crippen LogP contribution in [0.15, 0.2) is 12.7 Å². The average Bonchev–Trinajstić information content (AvgIpc) is 3.36. The summed E-state index contributed by atoms with van der Waals surface area (Å²) in [4.78, 5) is 59.7. The maximum atomic E-state index is 11.9. The van der Waals surface area contributed by atoms with Gasteiger partial charge in [-0.25, -0.2) is 28.6 Å². The first-order valence-electron chi connectivity index (χ1n) is 10.7. The number of carbonyl (C=O) groups excluding carboxylic acids is 1. The van der Waals surface area contributed by atoms with E-state index in [1.54, 1.807) is 0 Å². The number of rotatable bonds is 14. The van der Waals surface area contributed by atoms with Crippen LogP contribution in [-0.2, 0) is 36.4 Å². The number of amides is 1. The summed E-state index contributed by atoms with van der Waals surface area (Å²) in [6.07, 6.45) is -3.07. The van der Waals surface area contributed by atoms with E-state index >= 15 is 0 Å². The maximum absolute atomic E-state index is 11.9. The summed E-state index contributed by atoms with van der Waals surface area (Å²) < 4.78 is 53.0. The van der Waals surface area contributed by atoms with Crippen LogP contribution < -0.4 is 10.6 Å². The lowest BCUT2D eigenvalue weighted by Gasteiger charge is -2.19. The Bertz CT molecular complexity index is 1310. The number of imidazole rings is 1. The van der Waals surface area contributed by atoms with Crippen molar-refractivity contribution >= 4 is 68.9 Å². The molecule has 1 fully saturated rings. The van der Waals surface area contributed by atoms with Crippen LogP contribution in [0.4, 0.5) is 5.82 Å². The van der Waals surface area contributed by atoms with E-state index in [0.29, 0.717) is 29.8 Å². The Balaban J connectivity index is 1.64. The van der Waals surface area contributed by atoms with E-state index in [0.717, 1.165) is 0 Å². The molecule has 0 aromatic carbocycles. The van der Waals surface area contributed by atoms with Gasteiger partial charge in [-0.15, -0.1) is 0 Å². The molecule has 220 valence electrons. The fourth-order valence-electron chi connectivity index (χ4n) is 3.31. The molecule has 2 aromatic heterocycles. The number of carbonyl (C=O) groups is 1. The summed E-state index contributed by atoms with van der Waals surface area (Å²) in [5.41, 5.74) is 0.478. The van der Waals surface area contributed by atoms with Gasteiger partial charge in [-0.2, -0.15) is 8.62 Å². The predicted molar refractivity (Wildman–Crippen MR) is 136 cm³/mol. The Morgan fingerprint density at radius 1 is 1.05 bits per heavy atom. The van der Waals surface area contributed by atoms with Gasteiger partial charge in [0.2, 0.25) is 5.91 Å². The number of halogens is 1. The normalized spacial score (nSPS) is 24.8. The molecule has 0 spiro atoms. The van der Waals surface area contributed by atoms with Crippen molar-refractivity contribution < 1.29 is 66.2 Å². The zero-order valence-corrected chi connectivity index (χ0v) is 24.3. The Morgan fingerprint density at radius 3 is 2.44 bits per heavy atom. The molecular weight excluding hydrogens is 708 g/mol. The van der Waals surface area contributed by atoms with Crippen molar-refractivity contribution in [3.63, 3.8) is 0 Å². The van der Waals surface area contributed by atoms with Crippen molar-refractivity contribution in [3.05, 3.63) is 12.7 Å². The number of nitrogens with zero attached hydrogens (tertiary/aromatic N) is 4. The van der Waals surface area contributed by atoms with E-state index in [4.69, 9.17) is 14.5 Å². The molecule has 6 atom stereocenters. The number of aliphatic hydroxyl groups excluding tert-OH is 2. The number of phosphoric acid groups is 3. The fraction of sp³-hybridized carbons (Fsp3) is 0.600. The zero-order valence-electron chi connectivity index (χ0n) is 19.5. The second kappa shape index (κ2) is 13.2. The minimum absolute atomic E-state index is 0.0866. The van der Waals surface area contributed by atoms with Gasteiger partial charge in [0.15, 0.2) is 23.2 Å². The molecule has 1 amide bonds. The van der Waals surface area contributed by atoms with Gasteiger partial charge in [0, 0.05) is 13.1 Å². The number of aromatic nitrogens is 4. The molecule has 0 aliphatic carbocycles. The monoisotopic (exact) mass is 732 g/mol. The number of alkyl halides is 1. The lowest BCUT2D eigenvalue weighted by Crippen LogP contribution is -2.33. The third kappa shape index (κ3) is 9.17. The number of hydrogen-bond donors (Lipinski definition) is 8. The zero-order chi connectivity index (χ0) is 29.0. The molecule has 24 heteroatoms. The van der Waals surface area contributed by atoms with Gasteiger partial charge in [0.1, 0.15) is 24.6 Å². The highest BCUT2D eigenvalue weighted by molar-refractivity contribution is 14.1. The molecule has 2 unspecified atom stereocenters. The molecule has 1 aliphatic rings. The summed E-state index contributed by atoms with van der Waals surface area (Å²) >= 11 is 1.95. The number of nitrogens with one attached hydrogen (secondary N) is 2. The first-order chi connectivity index (χ1) is 18.1. The summed E-state index contributed by atoms with van der Waals surface area (Å²) in [5.74, 6) is 0.257.